The molecule has 1 rings (SSSR count). The quantitative estimate of drug-likeness (QED) is 0.437. The van der Waals surface area contributed by atoms with Crippen molar-refractivity contribution in [2.75, 3.05) is 26.3 Å². The summed E-state index contributed by atoms with van der Waals surface area (Å²) in [5.41, 5.74) is 6.98. The molecule has 1 aromatic rings. The number of ether oxygens (including phenoxy) is 1. The van der Waals surface area contributed by atoms with Crippen LogP contribution in [-0.2, 0) is 11.2 Å². The lowest BCUT2D eigenvalue weighted by Gasteiger charge is -2.06. The molecule has 0 saturated heterocycles. The summed E-state index contributed by atoms with van der Waals surface area (Å²) >= 11 is 5.82. The van der Waals surface area contributed by atoms with Crippen LogP contribution in [0.2, 0.25) is 5.02 Å². The smallest absolute Gasteiger partial charge is 0.188 e. The molecule has 0 amide bonds. The first-order valence-electron chi connectivity index (χ1n) is 6.58. The number of nitrogens with one attached hydrogen (secondary N) is 1. The topological polar surface area (TPSA) is 59.6 Å². The van der Waals surface area contributed by atoms with Crippen LogP contribution in [0.3, 0.4) is 0 Å². The molecule has 0 aliphatic rings. The maximum Gasteiger partial charge on any atom is 0.188 e. The molecule has 0 unspecified atom stereocenters. The fraction of sp³-hybridized carbons (Fsp3) is 0.500. The Bertz CT molecular complexity index is 379. The van der Waals surface area contributed by atoms with Crippen molar-refractivity contribution < 1.29 is 4.74 Å². The number of hydrogen-bond donors (Lipinski definition) is 2. The number of nitrogens with two attached hydrogens (primary N) is 1. The molecule has 0 atom stereocenters. The largest absolute Gasteiger partial charge is 0.382 e. The molecular weight excluding hydrogens is 262 g/mol. The van der Waals surface area contributed by atoms with Crippen molar-refractivity contribution >= 4 is 17.6 Å². The molecule has 5 heteroatoms. The van der Waals surface area contributed by atoms with Gasteiger partial charge in [-0.25, -0.2) is 0 Å². The van der Waals surface area contributed by atoms with Gasteiger partial charge in [-0.3, -0.25) is 4.99 Å². The van der Waals surface area contributed by atoms with Gasteiger partial charge >= 0.3 is 0 Å². The van der Waals surface area contributed by atoms with Gasteiger partial charge in [0.1, 0.15) is 0 Å². The normalized spacial score (nSPS) is 11.6. The number of nitrogens with zero attached hydrogens (tertiary/aromatic N) is 1. The number of aliphatic imine (C=N–C) groups is 1. The molecule has 4 nitrogen and oxygen atoms in total. The Morgan fingerprint density at radius 2 is 2.11 bits per heavy atom. The lowest BCUT2D eigenvalue weighted by atomic mass is 10.1. The van der Waals surface area contributed by atoms with Crippen molar-refractivity contribution in [1.82, 2.24) is 5.32 Å². The van der Waals surface area contributed by atoms with Crippen LogP contribution < -0.4 is 11.1 Å². The van der Waals surface area contributed by atoms with E-state index in [2.05, 4.69) is 10.3 Å². The molecule has 0 aliphatic heterocycles. The second-order valence-electron chi connectivity index (χ2n) is 4.12. The summed E-state index contributed by atoms with van der Waals surface area (Å²) < 4.78 is 5.22. The molecule has 106 valence electrons. The standard InChI is InChI=1S/C14H22ClN3O/c1-2-19-11-3-9-17-14(16)18-10-8-12-4-6-13(15)7-5-12/h4-7H,2-3,8-11H2,1H3,(H3,16,17,18). The van der Waals surface area contributed by atoms with Crippen LogP contribution in [0.1, 0.15) is 18.9 Å². The Morgan fingerprint density at radius 1 is 1.37 bits per heavy atom. The third-order valence-corrected chi connectivity index (χ3v) is 2.82. The Labute approximate surface area is 120 Å². The van der Waals surface area contributed by atoms with Crippen LogP contribution in [0.15, 0.2) is 29.3 Å². The van der Waals surface area contributed by atoms with E-state index in [-0.39, 0.29) is 0 Å². The van der Waals surface area contributed by atoms with Crippen molar-refractivity contribution in [3.05, 3.63) is 34.9 Å². The van der Waals surface area contributed by atoms with Gasteiger partial charge < -0.3 is 15.8 Å². The molecule has 0 aromatic heterocycles. The fourth-order valence-electron chi connectivity index (χ4n) is 1.55. The van der Waals surface area contributed by atoms with Crippen molar-refractivity contribution in [2.45, 2.75) is 19.8 Å². The summed E-state index contributed by atoms with van der Waals surface area (Å²) in [6.07, 6.45) is 1.79. The zero-order chi connectivity index (χ0) is 13.9. The first kappa shape index (κ1) is 15.8. The second-order valence-corrected chi connectivity index (χ2v) is 4.56. The van der Waals surface area contributed by atoms with Gasteiger partial charge in [0.05, 0.1) is 0 Å². The summed E-state index contributed by atoms with van der Waals surface area (Å²) in [7, 11) is 0. The van der Waals surface area contributed by atoms with Gasteiger partial charge in [0.15, 0.2) is 5.96 Å². The zero-order valence-electron chi connectivity index (χ0n) is 11.4. The third kappa shape index (κ3) is 7.70. The molecular formula is C14H22ClN3O. The molecule has 0 spiro atoms. The van der Waals surface area contributed by atoms with Gasteiger partial charge in [-0.1, -0.05) is 23.7 Å². The molecule has 3 N–H and O–H groups in total. The molecule has 0 saturated carbocycles. The highest BCUT2D eigenvalue weighted by Gasteiger charge is 1.95. The minimum atomic E-state index is 0.491. The van der Waals surface area contributed by atoms with Crippen molar-refractivity contribution in [2.24, 2.45) is 10.7 Å². The molecule has 0 bridgehead atoms. The summed E-state index contributed by atoms with van der Waals surface area (Å²) in [5.74, 6) is 0.491. The van der Waals surface area contributed by atoms with Crippen LogP contribution in [0.25, 0.3) is 0 Å². The van der Waals surface area contributed by atoms with E-state index < -0.39 is 0 Å². The van der Waals surface area contributed by atoms with E-state index in [9.17, 15) is 0 Å². The van der Waals surface area contributed by atoms with E-state index in [1.807, 2.05) is 31.2 Å². The highest BCUT2D eigenvalue weighted by Crippen LogP contribution is 2.09. The predicted molar refractivity (Wildman–Crippen MR) is 80.8 cm³/mol. The van der Waals surface area contributed by atoms with Crippen LogP contribution in [0.4, 0.5) is 0 Å². The number of rotatable bonds is 8. The molecule has 0 radical (unpaired) electrons. The van der Waals surface area contributed by atoms with Crippen LogP contribution >= 0.6 is 11.6 Å². The number of benzene rings is 1. The van der Waals surface area contributed by atoms with Crippen LogP contribution in [-0.4, -0.2) is 32.3 Å². The Kier molecular flexibility index (Phi) is 8.02. The van der Waals surface area contributed by atoms with E-state index in [1.165, 1.54) is 5.56 Å². The molecule has 19 heavy (non-hydrogen) atoms. The van der Waals surface area contributed by atoms with E-state index >= 15 is 0 Å². The van der Waals surface area contributed by atoms with Crippen molar-refractivity contribution in [1.29, 1.82) is 0 Å². The first-order valence-corrected chi connectivity index (χ1v) is 6.96. The van der Waals surface area contributed by atoms with E-state index in [0.717, 1.165) is 37.6 Å². The monoisotopic (exact) mass is 283 g/mol. The van der Waals surface area contributed by atoms with Gasteiger partial charge in [0.25, 0.3) is 0 Å². The van der Waals surface area contributed by atoms with Crippen molar-refractivity contribution in [3.8, 4) is 0 Å². The molecule has 0 heterocycles. The maximum absolute atomic E-state index is 5.82. The highest BCUT2D eigenvalue weighted by atomic mass is 35.5. The van der Waals surface area contributed by atoms with E-state index in [0.29, 0.717) is 12.5 Å². The number of halogens is 1. The van der Waals surface area contributed by atoms with Crippen molar-refractivity contribution in [3.63, 3.8) is 0 Å². The van der Waals surface area contributed by atoms with E-state index in [1.54, 1.807) is 0 Å². The average Bonchev–Trinajstić information content (AvgIpc) is 2.41. The minimum absolute atomic E-state index is 0.491. The van der Waals surface area contributed by atoms with Gasteiger partial charge in [-0.2, -0.15) is 0 Å². The van der Waals surface area contributed by atoms with E-state index in [4.69, 9.17) is 22.1 Å². The van der Waals surface area contributed by atoms with Gasteiger partial charge in [-0.05, 0) is 37.5 Å². The fourth-order valence-corrected chi connectivity index (χ4v) is 1.68. The van der Waals surface area contributed by atoms with Gasteiger partial charge in [-0.15, -0.1) is 0 Å². The average molecular weight is 284 g/mol. The SMILES string of the molecule is CCOCCCN=C(N)NCCc1ccc(Cl)cc1. The lowest BCUT2D eigenvalue weighted by Crippen LogP contribution is -2.33. The summed E-state index contributed by atoms with van der Waals surface area (Å²) in [4.78, 5) is 4.22. The molecule has 1 aromatic carbocycles. The third-order valence-electron chi connectivity index (χ3n) is 2.57. The van der Waals surface area contributed by atoms with Crippen LogP contribution in [0.5, 0.6) is 0 Å². The van der Waals surface area contributed by atoms with Gasteiger partial charge in [0, 0.05) is 31.3 Å². The molecule has 0 aliphatic carbocycles. The Balaban J connectivity index is 2.14. The Hall–Kier alpha value is -1.26. The van der Waals surface area contributed by atoms with Gasteiger partial charge in [0.2, 0.25) is 0 Å². The predicted octanol–water partition coefficient (Wildman–Crippen LogP) is 2.21. The Morgan fingerprint density at radius 3 is 2.79 bits per heavy atom. The highest BCUT2D eigenvalue weighted by molar-refractivity contribution is 6.30. The summed E-state index contributed by atoms with van der Waals surface area (Å²) in [5, 5.41) is 3.85. The minimum Gasteiger partial charge on any atom is -0.382 e. The first-order chi connectivity index (χ1) is 9.22. The lowest BCUT2D eigenvalue weighted by molar-refractivity contribution is 0.146. The van der Waals surface area contributed by atoms with Crippen LogP contribution in [0, 0.1) is 0 Å². The summed E-state index contributed by atoms with van der Waals surface area (Å²) in [6.45, 7) is 4.93. The molecule has 0 fully saturated rings. The maximum atomic E-state index is 5.82. The second kappa shape index (κ2) is 9.64. The number of guanidine groups is 1. The number of hydrogen-bond acceptors (Lipinski definition) is 2. The summed E-state index contributed by atoms with van der Waals surface area (Å²) in [6, 6.07) is 7.81. The zero-order valence-corrected chi connectivity index (χ0v) is 12.1.